The quantitative estimate of drug-likeness (QED) is 0.759. The molecule has 1 unspecified atom stereocenters. The van der Waals surface area contributed by atoms with Gasteiger partial charge in [-0.1, -0.05) is 5.16 Å². The molecule has 0 spiro atoms. The van der Waals surface area contributed by atoms with E-state index in [1.54, 1.807) is 6.07 Å². The second-order valence-electron chi connectivity index (χ2n) is 5.63. The van der Waals surface area contributed by atoms with E-state index in [1.165, 1.54) is 0 Å². The van der Waals surface area contributed by atoms with Crippen molar-refractivity contribution in [2.24, 2.45) is 0 Å². The average molecular weight is 296 g/mol. The van der Waals surface area contributed by atoms with Crippen LogP contribution in [0.4, 0.5) is 0 Å². The van der Waals surface area contributed by atoms with Crippen LogP contribution in [0.5, 0.6) is 0 Å². The van der Waals surface area contributed by atoms with Gasteiger partial charge in [0.05, 0.1) is 19.8 Å². The number of aliphatic hydroxyl groups is 1. The van der Waals surface area contributed by atoms with Gasteiger partial charge in [0.1, 0.15) is 11.4 Å². The maximum Gasteiger partial charge on any atom is 0.273 e. The highest BCUT2D eigenvalue weighted by Gasteiger charge is 2.36. The lowest BCUT2D eigenvalue weighted by molar-refractivity contribution is -0.0583. The van der Waals surface area contributed by atoms with E-state index in [9.17, 15) is 4.79 Å². The molecule has 0 aromatic carbocycles. The maximum absolute atomic E-state index is 12.1. The van der Waals surface area contributed by atoms with E-state index in [-0.39, 0.29) is 19.1 Å². The van der Waals surface area contributed by atoms with Crippen LogP contribution in [0.2, 0.25) is 0 Å². The standard InChI is InChI=1S/C14H20N2O5/c17-4-6-20-14(3-5-19-9-14)8-15-13(18)11-7-12(21-16-11)10-1-2-10/h7,10,17H,1-6,8-9H2,(H,15,18). The molecule has 2 fully saturated rings. The first-order valence-electron chi connectivity index (χ1n) is 7.30. The molecule has 1 aromatic heterocycles. The maximum atomic E-state index is 12.1. The van der Waals surface area contributed by atoms with Crippen LogP contribution in [0.25, 0.3) is 0 Å². The van der Waals surface area contributed by atoms with Crippen molar-refractivity contribution in [3.05, 3.63) is 17.5 Å². The molecule has 1 saturated heterocycles. The third kappa shape index (κ3) is 3.42. The van der Waals surface area contributed by atoms with Crippen LogP contribution in [0, 0.1) is 0 Å². The number of nitrogens with one attached hydrogen (secondary N) is 1. The smallest absolute Gasteiger partial charge is 0.273 e. The normalized spacial score (nSPS) is 25.2. The first-order valence-corrected chi connectivity index (χ1v) is 7.30. The summed E-state index contributed by atoms with van der Waals surface area (Å²) in [5.41, 5.74) is -0.255. The summed E-state index contributed by atoms with van der Waals surface area (Å²) in [5, 5.41) is 15.5. The number of aromatic nitrogens is 1. The molecule has 0 radical (unpaired) electrons. The van der Waals surface area contributed by atoms with Gasteiger partial charge < -0.3 is 24.4 Å². The fraction of sp³-hybridized carbons (Fsp3) is 0.714. The Balaban J connectivity index is 1.55. The molecule has 1 amide bonds. The average Bonchev–Trinajstić information content (AvgIpc) is 3.05. The number of aliphatic hydroxyl groups excluding tert-OH is 1. The number of rotatable bonds is 7. The van der Waals surface area contributed by atoms with E-state index >= 15 is 0 Å². The summed E-state index contributed by atoms with van der Waals surface area (Å²) in [4.78, 5) is 12.1. The van der Waals surface area contributed by atoms with Crippen molar-refractivity contribution in [2.75, 3.05) is 33.0 Å². The summed E-state index contributed by atoms with van der Waals surface area (Å²) in [6.07, 6.45) is 2.90. The van der Waals surface area contributed by atoms with Crippen molar-refractivity contribution >= 4 is 5.91 Å². The Morgan fingerprint density at radius 1 is 1.57 bits per heavy atom. The van der Waals surface area contributed by atoms with Gasteiger partial charge in [-0.05, 0) is 12.8 Å². The van der Waals surface area contributed by atoms with Gasteiger partial charge in [0.2, 0.25) is 0 Å². The van der Waals surface area contributed by atoms with E-state index in [4.69, 9.17) is 19.1 Å². The molecule has 2 N–H and O–H groups in total. The van der Waals surface area contributed by atoms with Crippen LogP contribution in [-0.2, 0) is 9.47 Å². The Hall–Kier alpha value is -1.44. The topological polar surface area (TPSA) is 93.8 Å². The van der Waals surface area contributed by atoms with Gasteiger partial charge in [0, 0.05) is 31.6 Å². The van der Waals surface area contributed by atoms with Crippen LogP contribution in [0.1, 0.15) is 41.4 Å². The largest absolute Gasteiger partial charge is 0.394 e. The van der Waals surface area contributed by atoms with Gasteiger partial charge in [0.15, 0.2) is 5.69 Å². The predicted molar refractivity (Wildman–Crippen MR) is 72.0 cm³/mol. The molecule has 2 heterocycles. The van der Waals surface area contributed by atoms with Crippen LogP contribution in [0.3, 0.4) is 0 Å². The number of ether oxygens (including phenoxy) is 2. The van der Waals surface area contributed by atoms with Crippen molar-refractivity contribution in [1.82, 2.24) is 10.5 Å². The molecule has 1 atom stereocenters. The minimum Gasteiger partial charge on any atom is -0.394 e. The Bertz CT molecular complexity index is 491. The summed E-state index contributed by atoms with van der Waals surface area (Å²) in [6.45, 7) is 1.52. The van der Waals surface area contributed by atoms with Crippen LogP contribution >= 0.6 is 0 Å². The molecule has 1 aromatic rings. The number of hydrogen-bond donors (Lipinski definition) is 2. The highest BCUT2D eigenvalue weighted by Crippen LogP contribution is 2.40. The molecule has 0 bridgehead atoms. The lowest BCUT2D eigenvalue weighted by Gasteiger charge is -2.27. The molecule has 116 valence electrons. The molecule has 2 aliphatic rings. The molecule has 1 aliphatic heterocycles. The molecular weight excluding hydrogens is 276 g/mol. The predicted octanol–water partition coefficient (Wildman–Crippen LogP) is 0.450. The number of nitrogens with zero attached hydrogens (tertiary/aromatic N) is 1. The van der Waals surface area contributed by atoms with E-state index in [0.29, 0.717) is 37.8 Å². The summed E-state index contributed by atoms with van der Waals surface area (Å²) in [6, 6.07) is 1.71. The monoisotopic (exact) mass is 296 g/mol. The summed E-state index contributed by atoms with van der Waals surface area (Å²) >= 11 is 0. The molecular formula is C14H20N2O5. The van der Waals surface area contributed by atoms with Gasteiger partial charge in [-0.3, -0.25) is 4.79 Å². The Morgan fingerprint density at radius 2 is 2.43 bits per heavy atom. The van der Waals surface area contributed by atoms with Crippen molar-refractivity contribution in [2.45, 2.75) is 30.8 Å². The minimum absolute atomic E-state index is 0.0519. The van der Waals surface area contributed by atoms with Gasteiger partial charge in [-0.2, -0.15) is 0 Å². The zero-order chi connectivity index (χ0) is 14.7. The fourth-order valence-corrected chi connectivity index (χ4v) is 2.44. The lowest BCUT2D eigenvalue weighted by atomic mass is 10.0. The summed E-state index contributed by atoms with van der Waals surface area (Å²) in [7, 11) is 0. The highest BCUT2D eigenvalue weighted by atomic mass is 16.6. The highest BCUT2D eigenvalue weighted by molar-refractivity contribution is 5.92. The molecule has 1 aliphatic carbocycles. The molecule has 21 heavy (non-hydrogen) atoms. The first-order chi connectivity index (χ1) is 10.2. The Kier molecular flexibility index (Phi) is 4.23. The van der Waals surface area contributed by atoms with Crippen LogP contribution in [0.15, 0.2) is 10.6 Å². The van der Waals surface area contributed by atoms with Crippen molar-refractivity contribution in [1.29, 1.82) is 0 Å². The van der Waals surface area contributed by atoms with Crippen LogP contribution in [-0.4, -0.2) is 54.7 Å². The summed E-state index contributed by atoms with van der Waals surface area (Å²) in [5.74, 6) is 0.946. The van der Waals surface area contributed by atoms with Crippen molar-refractivity contribution in [3.63, 3.8) is 0 Å². The third-order valence-electron chi connectivity index (χ3n) is 3.88. The number of hydrogen-bond acceptors (Lipinski definition) is 6. The molecule has 1 saturated carbocycles. The SMILES string of the molecule is O=C(NCC1(OCCO)CCOC1)c1cc(C2CC2)on1. The van der Waals surface area contributed by atoms with Gasteiger partial charge in [0.25, 0.3) is 5.91 Å². The fourth-order valence-electron chi connectivity index (χ4n) is 2.44. The van der Waals surface area contributed by atoms with E-state index in [0.717, 1.165) is 18.6 Å². The minimum atomic E-state index is -0.554. The Morgan fingerprint density at radius 3 is 3.10 bits per heavy atom. The Labute approximate surface area is 122 Å². The number of amides is 1. The molecule has 7 heteroatoms. The molecule has 7 nitrogen and oxygen atoms in total. The summed E-state index contributed by atoms with van der Waals surface area (Å²) < 4.78 is 16.2. The van der Waals surface area contributed by atoms with Crippen molar-refractivity contribution in [3.8, 4) is 0 Å². The number of carbonyl (C=O) groups excluding carboxylic acids is 1. The van der Waals surface area contributed by atoms with Gasteiger partial charge >= 0.3 is 0 Å². The first kappa shape index (κ1) is 14.5. The second kappa shape index (κ2) is 6.13. The zero-order valence-corrected chi connectivity index (χ0v) is 11.8. The number of carbonyl (C=O) groups is 1. The van der Waals surface area contributed by atoms with Gasteiger partial charge in [-0.25, -0.2) is 0 Å². The lowest BCUT2D eigenvalue weighted by Crippen LogP contribution is -2.46. The van der Waals surface area contributed by atoms with E-state index < -0.39 is 5.60 Å². The van der Waals surface area contributed by atoms with E-state index in [2.05, 4.69) is 10.5 Å². The van der Waals surface area contributed by atoms with Gasteiger partial charge in [-0.15, -0.1) is 0 Å². The third-order valence-corrected chi connectivity index (χ3v) is 3.88. The molecule has 3 rings (SSSR count). The van der Waals surface area contributed by atoms with Crippen LogP contribution < -0.4 is 5.32 Å². The second-order valence-corrected chi connectivity index (χ2v) is 5.63. The van der Waals surface area contributed by atoms with Crippen molar-refractivity contribution < 1.29 is 23.9 Å². The van der Waals surface area contributed by atoms with E-state index in [1.807, 2.05) is 0 Å². The zero-order valence-electron chi connectivity index (χ0n) is 11.8.